The van der Waals surface area contributed by atoms with Crippen LogP contribution in [0, 0.1) is 5.92 Å². The summed E-state index contributed by atoms with van der Waals surface area (Å²) in [4.78, 5) is 27.0. The lowest BCUT2D eigenvalue weighted by Gasteiger charge is -2.25. The molecule has 1 N–H and O–H groups in total. The van der Waals surface area contributed by atoms with E-state index in [1.165, 1.54) is 26.2 Å². The molecule has 1 heterocycles. The highest BCUT2D eigenvalue weighted by molar-refractivity contribution is 7.89. The van der Waals surface area contributed by atoms with Crippen LogP contribution in [0.3, 0.4) is 0 Å². The van der Waals surface area contributed by atoms with Crippen molar-refractivity contribution >= 4 is 27.5 Å². The molecule has 0 bridgehead atoms. The molecule has 3 rings (SSSR count). The summed E-state index contributed by atoms with van der Waals surface area (Å²) in [6.07, 6.45) is 0.163. The standard InChI is InChI=1S/C21H25N3O4S/c1-15(16-7-5-4-6-8-16)24-14-17(13-20(24)25)21(26)22-18-9-11-19(12-10-18)29(27,28)23(2)3/h4-12,15,17H,13-14H2,1-3H3,(H,22,26)/t15-,17-/m0/s1. The summed E-state index contributed by atoms with van der Waals surface area (Å²) in [5.41, 5.74) is 1.52. The predicted octanol–water partition coefficient (Wildman–Crippen LogP) is 2.49. The first-order valence-electron chi connectivity index (χ1n) is 9.38. The lowest BCUT2D eigenvalue weighted by molar-refractivity contribution is -0.129. The number of nitrogens with one attached hydrogen (secondary N) is 1. The van der Waals surface area contributed by atoms with Gasteiger partial charge in [-0.3, -0.25) is 9.59 Å². The van der Waals surface area contributed by atoms with Crippen LogP contribution in [0.15, 0.2) is 59.5 Å². The summed E-state index contributed by atoms with van der Waals surface area (Å²) in [7, 11) is -0.594. The fourth-order valence-electron chi connectivity index (χ4n) is 3.36. The topological polar surface area (TPSA) is 86.8 Å². The van der Waals surface area contributed by atoms with Crippen LogP contribution in [0.2, 0.25) is 0 Å². The number of likely N-dealkylation sites (tertiary alicyclic amines) is 1. The third kappa shape index (κ3) is 4.49. The van der Waals surface area contributed by atoms with Gasteiger partial charge in [0, 0.05) is 32.7 Å². The van der Waals surface area contributed by atoms with Gasteiger partial charge in [-0.1, -0.05) is 30.3 Å². The quantitative estimate of drug-likeness (QED) is 0.785. The molecule has 0 aliphatic carbocycles. The molecule has 2 amide bonds. The number of anilines is 1. The summed E-state index contributed by atoms with van der Waals surface area (Å²) in [5, 5.41) is 2.79. The van der Waals surface area contributed by atoms with Crippen molar-refractivity contribution in [3.8, 4) is 0 Å². The molecule has 29 heavy (non-hydrogen) atoms. The predicted molar refractivity (Wildman–Crippen MR) is 111 cm³/mol. The average molecular weight is 416 g/mol. The molecule has 1 aliphatic heterocycles. The van der Waals surface area contributed by atoms with Gasteiger partial charge in [0.05, 0.1) is 16.9 Å². The molecule has 1 saturated heterocycles. The van der Waals surface area contributed by atoms with Crippen LogP contribution >= 0.6 is 0 Å². The second kappa shape index (κ2) is 8.34. The van der Waals surface area contributed by atoms with E-state index in [0.717, 1.165) is 9.87 Å². The van der Waals surface area contributed by atoms with E-state index in [4.69, 9.17) is 0 Å². The normalized spacial score (nSPS) is 18.1. The van der Waals surface area contributed by atoms with Gasteiger partial charge in [0.1, 0.15) is 0 Å². The zero-order valence-corrected chi connectivity index (χ0v) is 17.5. The van der Waals surface area contributed by atoms with Gasteiger partial charge < -0.3 is 10.2 Å². The van der Waals surface area contributed by atoms with Crippen LogP contribution in [0.25, 0.3) is 0 Å². The monoisotopic (exact) mass is 415 g/mol. The highest BCUT2D eigenvalue weighted by Gasteiger charge is 2.37. The molecule has 1 aliphatic rings. The van der Waals surface area contributed by atoms with Crippen molar-refractivity contribution in [1.82, 2.24) is 9.21 Å². The van der Waals surface area contributed by atoms with E-state index < -0.39 is 15.9 Å². The first kappa shape index (κ1) is 21.0. The summed E-state index contributed by atoms with van der Waals surface area (Å²) in [6, 6.07) is 15.6. The smallest absolute Gasteiger partial charge is 0.242 e. The fourth-order valence-corrected chi connectivity index (χ4v) is 4.26. The largest absolute Gasteiger partial charge is 0.335 e. The number of carbonyl (C=O) groups excluding carboxylic acids is 2. The molecule has 2 atom stereocenters. The Morgan fingerprint density at radius 1 is 1.10 bits per heavy atom. The highest BCUT2D eigenvalue weighted by atomic mass is 32.2. The number of sulfonamides is 1. The Kier molecular flexibility index (Phi) is 6.04. The van der Waals surface area contributed by atoms with Crippen LogP contribution in [0.4, 0.5) is 5.69 Å². The lowest BCUT2D eigenvalue weighted by atomic mass is 10.1. The van der Waals surface area contributed by atoms with E-state index in [0.29, 0.717) is 12.2 Å². The third-order valence-corrected chi connectivity index (χ3v) is 7.01. The first-order chi connectivity index (χ1) is 13.7. The maximum Gasteiger partial charge on any atom is 0.242 e. The Bertz CT molecular complexity index is 988. The minimum Gasteiger partial charge on any atom is -0.335 e. The molecule has 2 aromatic rings. The number of hydrogen-bond donors (Lipinski definition) is 1. The zero-order valence-electron chi connectivity index (χ0n) is 16.7. The molecule has 0 unspecified atom stereocenters. The molecule has 8 heteroatoms. The average Bonchev–Trinajstić information content (AvgIpc) is 3.10. The van der Waals surface area contributed by atoms with Crippen molar-refractivity contribution in [2.24, 2.45) is 5.92 Å². The van der Waals surface area contributed by atoms with Crippen LogP contribution in [0.5, 0.6) is 0 Å². The van der Waals surface area contributed by atoms with E-state index in [-0.39, 0.29) is 29.2 Å². The van der Waals surface area contributed by atoms with Crippen molar-refractivity contribution in [3.05, 3.63) is 60.2 Å². The Morgan fingerprint density at radius 2 is 1.72 bits per heavy atom. The van der Waals surface area contributed by atoms with Gasteiger partial charge in [-0.2, -0.15) is 0 Å². The number of rotatable bonds is 6. The molecule has 154 valence electrons. The van der Waals surface area contributed by atoms with Gasteiger partial charge in [0.25, 0.3) is 0 Å². The van der Waals surface area contributed by atoms with Crippen molar-refractivity contribution in [2.75, 3.05) is 26.0 Å². The molecule has 0 radical (unpaired) electrons. The fraction of sp³-hybridized carbons (Fsp3) is 0.333. The van der Waals surface area contributed by atoms with Crippen molar-refractivity contribution in [2.45, 2.75) is 24.3 Å². The molecule has 2 aromatic carbocycles. The lowest BCUT2D eigenvalue weighted by Crippen LogP contribution is -2.30. The molecular formula is C21H25N3O4S. The molecule has 0 aromatic heterocycles. The third-order valence-electron chi connectivity index (χ3n) is 5.18. The van der Waals surface area contributed by atoms with E-state index in [1.807, 2.05) is 37.3 Å². The van der Waals surface area contributed by atoms with E-state index in [9.17, 15) is 18.0 Å². The second-order valence-corrected chi connectivity index (χ2v) is 9.49. The molecule has 1 fully saturated rings. The van der Waals surface area contributed by atoms with Gasteiger partial charge in [0.2, 0.25) is 21.8 Å². The van der Waals surface area contributed by atoms with E-state index in [2.05, 4.69) is 5.32 Å². The van der Waals surface area contributed by atoms with Crippen LogP contribution < -0.4 is 5.32 Å². The second-order valence-electron chi connectivity index (χ2n) is 7.33. The van der Waals surface area contributed by atoms with Crippen molar-refractivity contribution in [3.63, 3.8) is 0 Å². The number of amides is 2. The van der Waals surface area contributed by atoms with E-state index in [1.54, 1.807) is 17.0 Å². The van der Waals surface area contributed by atoms with Crippen molar-refractivity contribution < 1.29 is 18.0 Å². The molecule has 0 saturated carbocycles. The summed E-state index contributed by atoms with van der Waals surface area (Å²) in [5.74, 6) is -0.739. The molecular weight excluding hydrogens is 390 g/mol. The summed E-state index contributed by atoms with van der Waals surface area (Å²) in [6.45, 7) is 2.31. The van der Waals surface area contributed by atoms with Gasteiger partial charge in [-0.25, -0.2) is 12.7 Å². The number of benzene rings is 2. The maximum atomic E-state index is 12.6. The minimum absolute atomic E-state index is 0.0473. The van der Waals surface area contributed by atoms with Gasteiger partial charge >= 0.3 is 0 Å². The maximum absolute atomic E-state index is 12.6. The Labute approximate surface area is 171 Å². The number of carbonyl (C=O) groups is 2. The van der Waals surface area contributed by atoms with Crippen molar-refractivity contribution in [1.29, 1.82) is 0 Å². The minimum atomic E-state index is -3.52. The van der Waals surface area contributed by atoms with Crippen LogP contribution in [-0.4, -0.2) is 50.1 Å². The summed E-state index contributed by atoms with van der Waals surface area (Å²) < 4.78 is 25.4. The molecule has 7 nitrogen and oxygen atoms in total. The van der Waals surface area contributed by atoms with Crippen LogP contribution in [0.1, 0.15) is 24.9 Å². The molecule has 0 spiro atoms. The van der Waals surface area contributed by atoms with Gasteiger partial charge in [-0.05, 0) is 36.8 Å². The SMILES string of the molecule is C[C@@H](c1ccccc1)N1C[C@@H](C(=O)Nc2ccc(S(=O)(=O)N(C)C)cc2)CC1=O. The zero-order chi connectivity index (χ0) is 21.2. The van der Waals surface area contributed by atoms with Gasteiger partial charge in [-0.15, -0.1) is 0 Å². The van der Waals surface area contributed by atoms with Crippen LogP contribution in [-0.2, 0) is 19.6 Å². The highest BCUT2D eigenvalue weighted by Crippen LogP contribution is 2.29. The number of nitrogens with zero attached hydrogens (tertiary/aromatic N) is 2. The first-order valence-corrected chi connectivity index (χ1v) is 10.8. The summed E-state index contributed by atoms with van der Waals surface area (Å²) >= 11 is 0. The Balaban J connectivity index is 1.65. The Hall–Kier alpha value is -2.71. The van der Waals surface area contributed by atoms with E-state index >= 15 is 0 Å². The Morgan fingerprint density at radius 3 is 2.31 bits per heavy atom. The number of hydrogen-bond acceptors (Lipinski definition) is 4. The van der Waals surface area contributed by atoms with Gasteiger partial charge in [0.15, 0.2) is 0 Å².